The third-order valence-corrected chi connectivity index (χ3v) is 5.08. The minimum absolute atomic E-state index is 0. The second-order valence-electron chi connectivity index (χ2n) is 6.93. The predicted octanol–water partition coefficient (Wildman–Crippen LogP) is 2.50. The molecule has 1 aliphatic heterocycles. The van der Waals surface area contributed by atoms with Crippen molar-refractivity contribution in [2.45, 2.75) is 32.4 Å². The molecule has 8 nitrogen and oxygen atoms in total. The molecule has 1 saturated heterocycles. The molecule has 1 atom stereocenters. The topological polar surface area (TPSA) is 76.6 Å². The van der Waals surface area contributed by atoms with Crippen molar-refractivity contribution in [3.8, 4) is 17.2 Å². The number of ether oxygens (including phenoxy) is 4. The van der Waals surface area contributed by atoms with Crippen LogP contribution in [0.15, 0.2) is 17.1 Å². The fourth-order valence-electron chi connectivity index (χ4n) is 3.58. The van der Waals surface area contributed by atoms with E-state index in [4.69, 9.17) is 23.9 Å². The molecular formula is C21H37IN4O4. The molecule has 0 radical (unpaired) electrons. The number of nitrogens with zero attached hydrogens (tertiary/aromatic N) is 2. The number of likely N-dealkylation sites (tertiary alicyclic amines) is 1. The average molecular weight is 536 g/mol. The highest BCUT2D eigenvalue weighted by Crippen LogP contribution is 2.38. The maximum Gasteiger partial charge on any atom is 0.203 e. The molecule has 30 heavy (non-hydrogen) atoms. The maximum atomic E-state index is 5.43. The van der Waals surface area contributed by atoms with Crippen LogP contribution in [0.5, 0.6) is 17.2 Å². The van der Waals surface area contributed by atoms with Crippen LogP contribution in [-0.4, -0.2) is 78.1 Å². The van der Waals surface area contributed by atoms with Crippen molar-refractivity contribution < 1.29 is 18.9 Å². The number of hydrogen-bond acceptors (Lipinski definition) is 6. The van der Waals surface area contributed by atoms with Gasteiger partial charge in [-0.3, -0.25) is 4.90 Å². The van der Waals surface area contributed by atoms with Crippen molar-refractivity contribution in [1.29, 1.82) is 0 Å². The summed E-state index contributed by atoms with van der Waals surface area (Å²) in [4.78, 5) is 7.22. The largest absolute Gasteiger partial charge is 0.493 e. The zero-order chi connectivity index (χ0) is 21.1. The summed E-state index contributed by atoms with van der Waals surface area (Å²) in [6.45, 7) is 7.12. The summed E-state index contributed by atoms with van der Waals surface area (Å²) in [6, 6.07) is 4.37. The summed E-state index contributed by atoms with van der Waals surface area (Å²) in [5, 5.41) is 6.81. The zero-order valence-corrected chi connectivity index (χ0v) is 21.2. The first-order chi connectivity index (χ1) is 14.2. The monoisotopic (exact) mass is 536 g/mol. The highest BCUT2D eigenvalue weighted by molar-refractivity contribution is 14.0. The molecule has 2 N–H and O–H groups in total. The first-order valence-electron chi connectivity index (χ1n) is 10.2. The Morgan fingerprint density at radius 3 is 2.37 bits per heavy atom. The Labute approximate surface area is 197 Å². The highest BCUT2D eigenvalue weighted by atomic mass is 127. The molecule has 0 aromatic heterocycles. The van der Waals surface area contributed by atoms with E-state index in [1.165, 1.54) is 12.8 Å². The molecule has 9 heteroatoms. The van der Waals surface area contributed by atoms with E-state index >= 15 is 0 Å². The van der Waals surface area contributed by atoms with Crippen LogP contribution in [0.2, 0.25) is 0 Å². The molecule has 1 aliphatic rings. The lowest BCUT2D eigenvalue weighted by atomic mass is 10.2. The number of rotatable bonds is 11. The quantitative estimate of drug-likeness (QED) is 0.256. The molecule has 1 fully saturated rings. The molecule has 0 aliphatic carbocycles. The highest BCUT2D eigenvalue weighted by Gasteiger charge is 2.24. The van der Waals surface area contributed by atoms with Gasteiger partial charge in [-0.15, -0.1) is 24.0 Å². The molecule has 1 unspecified atom stereocenters. The summed E-state index contributed by atoms with van der Waals surface area (Å²) in [5.74, 6) is 2.66. The zero-order valence-electron chi connectivity index (χ0n) is 18.8. The second-order valence-corrected chi connectivity index (χ2v) is 6.93. The van der Waals surface area contributed by atoms with Gasteiger partial charge in [0.1, 0.15) is 0 Å². The summed E-state index contributed by atoms with van der Waals surface area (Å²) in [6.07, 6.45) is 2.43. The van der Waals surface area contributed by atoms with E-state index in [2.05, 4.69) is 22.5 Å². The van der Waals surface area contributed by atoms with Gasteiger partial charge in [-0.1, -0.05) is 0 Å². The van der Waals surface area contributed by atoms with Gasteiger partial charge in [-0.2, -0.15) is 0 Å². The summed E-state index contributed by atoms with van der Waals surface area (Å²) < 4.78 is 21.5. The fourth-order valence-corrected chi connectivity index (χ4v) is 3.58. The van der Waals surface area contributed by atoms with E-state index in [1.54, 1.807) is 28.4 Å². The van der Waals surface area contributed by atoms with Gasteiger partial charge >= 0.3 is 0 Å². The number of hydrogen-bond donors (Lipinski definition) is 2. The standard InChI is InChI=1S/C21H36N4O4.HI/c1-6-22-21(24-15-17-8-7-9-25(17)10-11-26-2)23-14-16-12-18(27-3)20(29-5)19(13-16)28-4;/h12-13,17H,6-11,14-15H2,1-5H3,(H2,22,23,24);1H. The Bertz CT molecular complexity index is 635. The molecule has 1 aromatic rings. The minimum Gasteiger partial charge on any atom is -0.493 e. The molecule has 0 spiro atoms. The van der Waals surface area contributed by atoms with Crippen LogP contribution in [-0.2, 0) is 11.3 Å². The predicted molar refractivity (Wildman–Crippen MR) is 131 cm³/mol. The lowest BCUT2D eigenvalue weighted by Gasteiger charge is -2.25. The lowest BCUT2D eigenvalue weighted by Crippen LogP contribution is -2.45. The van der Waals surface area contributed by atoms with Gasteiger partial charge in [0.25, 0.3) is 0 Å². The number of halogens is 1. The van der Waals surface area contributed by atoms with Crippen LogP contribution < -0.4 is 24.8 Å². The van der Waals surface area contributed by atoms with E-state index in [0.29, 0.717) is 29.8 Å². The number of nitrogens with one attached hydrogen (secondary N) is 2. The van der Waals surface area contributed by atoms with Crippen LogP contribution in [0.4, 0.5) is 0 Å². The van der Waals surface area contributed by atoms with Gasteiger partial charge in [-0.05, 0) is 44.0 Å². The number of methoxy groups -OCH3 is 4. The van der Waals surface area contributed by atoms with Gasteiger partial charge in [0.2, 0.25) is 5.75 Å². The molecular weight excluding hydrogens is 499 g/mol. The van der Waals surface area contributed by atoms with Crippen molar-refractivity contribution in [1.82, 2.24) is 15.5 Å². The van der Waals surface area contributed by atoms with Crippen molar-refractivity contribution in [2.24, 2.45) is 4.99 Å². The first kappa shape index (κ1) is 26.6. The minimum atomic E-state index is 0. The van der Waals surface area contributed by atoms with Crippen molar-refractivity contribution in [3.05, 3.63) is 17.7 Å². The fraction of sp³-hybridized carbons (Fsp3) is 0.667. The molecule has 1 heterocycles. The smallest absolute Gasteiger partial charge is 0.203 e. The second kappa shape index (κ2) is 14.5. The molecule has 0 amide bonds. The van der Waals surface area contributed by atoms with Crippen LogP contribution in [0.1, 0.15) is 25.3 Å². The van der Waals surface area contributed by atoms with Gasteiger partial charge in [0.05, 0.1) is 34.5 Å². The summed E-state index contributed by atoms with van der Waals surface area (Å²) in [5.41, 5.74) is 0.985. The average Bonchev–Trinajstić information content (AvgIpc) is 3.20. The van der Waals surface area contributed by atoms with Crippen LogP contribution in [0, 0.1) is 0 Å². The van der Waals surface area contributed by atoms with Crippen LogP contribution in [0.25, 0.3) is 0 Å². The molecule has 172 valence electrons. The van der Waals surface area contributed by atoms with Crippen molar-refractivity contribution in [3.63, 3.8) is 0 Å². The van der Waals surface area contributed by atoms with Gasteiger partial charge < -0.3 is 29.6 Å². The van der Waals surface area contributed by atoms with Crippen LogP contribution in [0.3, 0.4) is 0 Å². The molecule has 0 bridgehead atoms. The Kier molecular flexibility index (Phi) is 12.9. The maximum absolute atomic E-state index is 5.43. The first-order valence-corrected chi connectivity index (χ1v) is 10.2. The van der Waals surface area contributed by atoms with E-state index in [0.717, 1.165) is 44.3 Å². The Balaban J connectivity index is 0.00000450. The number of aliphatic imine (C=N–C) groups is 1. The Morgan fingerprint density at radius 1 is 1.10 bits per heavy atom. The number of guanidine groups is 1. The van der Waals surface area contributed by atoms with E-state index in [-0.39, 0.29) is 24.0 Å². The SMILES string of the molecule is CCNC(=NCc1cc(OC)c(OC)c(OC)c1)NCC1CCCN1CCOC.I. The van der Waals surface area contributed by atoms with E-state index < -0.39 is 0 Å². The molecule has 1 aromatic carbocycles. The Hall–Kier alpha value is -1.46. The van der Waals surface area contributed by atoms with Gasteiger partial charge in [-0.25, -0.2) is 4.99 Å². The lowest BCUT2D eigenvalue weighted by molar-refractivity contribution is 0.141. The third-order valence-electron chi connectivity index (χ3n) is 5.08. The van der Waals surface area contributed by atoms with Crippen LogP contribution >= 0.6 is 24.0 Å². The van der Waals surface area contributed by atoms with E-state index in [1.807, 2.05) is 12.1 Å². The summed E-state index contributed by atoms with van der Waals surface area (Å²) >= 11 is 0. The van der Waals surface area contributed by atoms with Crippen molar-refractivity contribution >= 4 is 29.9 Å². The third kappa shape index (κ3) is 7.66. The summed E-state index contributed by atoms with van der Waals surface area (Å²) in [7, 11) is 6.59. The number of benzene rings is 1. The van der Waals surface area contributed by atoms with Crippen molar-refractivity contribution in [2.75, 3.05) is 61.2 Å². The molecule has 0 saturated carbocycles. The Morgan fingerprint density at radius 2 is 1.80 bits per heavy atom. The normalized spacial score (nSPS) is 16.7. The van der Waals surface area contributed by atoms with Gasteiger partial charge in [0, 0.05) is 32.8 Å². The van der Waals surface area contributed by atoms with E-state index in [9.17, 15) is 0 Å². The van der Waals surface area contributed by atoms with Gasteiger partial charge in [0.15, 0.2) is 17.5 Å². The molecule has 2 rings (SSSR count).